The Labute approximate surface area is 302 Å². The van der Waals surface area contributed by atoms with Crippen molar-refractivity contribution in [1.29, 1.82) is 0 Å². The third kappa shape index (κ3) is 4.20. The Balaban J connectivity index is 0.998. The van der Waals surface area contributed by atoms with Crippen molar-refractivity contribution in [2.75, 3.05) is 0 Å². The lowest BCUT2D eigenvalue weighted by molar-refractivity contribution is 0.659. The Kier molecular flexibility index (Phi) is 6.13. The van der Waals surface area contributed by atoms with E-state index in [0.29, 0.717) is 0 Å². The first-order valence-corrected chi connectivity index (χ1v) is 18.4. The zero-order chi connectivity index (χ0) is 34.9. The lowest BCUT2D eigenvalue weighted by Gasteiger charge is -2.24. The Morgan fingerprint density at radius 2 is 0.510 bits per heavy atom. The molecular formula is C51H42. The zero-order valence-corrected chi connectivity index (χ0v) is 30.4. The van der Waals surface area contributed by atoms with Crippen LogP contribution in [0.1, 0.15) is 74.9 Å². The summed E-state index contributed by atoms with van der Waals surface area (Å²) in [6.07, 6.45) is 0. The van der Waals surface area contributed by atoms with Crippen molar-refractivity contribution >= 4 is 0 Å². The molecule has 0 bridgehead atoms. The largest absolute Gasteiger partial charge is 0.0622 e. The van der Waals surface area contributed by atoms with E-state index in [0.717, 1.165) is 0 Å². The van der Waals surface area contributed by atoms with Crippen LogP contribution in [0.15, 0.2) is 146 Å². The fourth-order valence-electron chi connectivity index (χ4n) is 9.71. The standard InChI is InChI=1S/C51H42/c1-49(2)43-15-11-10-14-37(43)38-22-17-33(27-44(38)49)34-18-24-41-42-25-20-36(30-48(42)51(5,6)47(41)28-34)35-19-23-40-39-21-16-32(31-12-8-7-9-13-31)26-45(39)50(3,4)46(40)29-35/h7-30H,1-6H3. The van der Waals surface area contributed by atoms with Crippen molar-refractivity contribution in [3.05, 3.63) is 179 Å². The first-order chi connectivity index (χ1) is 24.5. The predicted molar refractivity (Wildman–Crippen MR) is 215 cm³/mol. The van der Waals surface area contributed by atoms with Crippen LogP contribution >= 0.6 is 0 Å². The highest BCUT2D eigenvalue weighted by Gasteiger charge is 2.39. The van der Waals surface area contributed by atoms with Gasteiger partial charge in [-0.2, -0.15) is 0 Å². The molecule has 246 valence electrons. The maximum absolute atomic E-state index is 2.47. The average molecular weight is 655 g/mol. The van der Waals surface area contributed by atoms with Gasteiger partial charge in [0, 0.05) is 16.2 Å². The topological polar surface area (TPSA) is 0 Å². The van der Waals surface area contributed by atoms with E-state index in [9.17, 15) is 0 Å². The molecule has 0 spiro atoms. The fourth-order valence-corrected chi connectivity index (χ4v) is 9.71. The van der Waals surface area contributed by atoms with Crippen LogP contribution in [-0.4, -0.2) is 0 Å². The molecule has 0 saturated heterocycles. The van der Waals surface area contributed by atoms with Gasteiger partial charge >= 0.3 is 0 Å². The van der Waals surface area contributed by atoms with E-state index in [4.69, 9.17) is 0 Å². The van der Waals surface area contributed by atoms with Gasteiger partial charge < -0.3 is 0 Å². The van der Waals surface area contributed by atoms with Crippen LogP contribution in [0.4, 0.5) is 0 Å². The predicted octanol–water partition coefficient (Wildman–Crippen LogP) is 13.6. The second-order valence-corrected chi connectivity index (χ2v) is 16.6. The van der Waals surface area contributed by atoms with Crippen LogP contribution in [0.3, 0.4) is 0 Å². The summed E-state index contributed by atoms with van der Waals surface area (Å²) in [7, 11) is 0. The number of hydrogen-bond donors (Lipinski definition) is 0. The molecule has 0 atom stereocenters. The lowest BCUT2D eigenvalue weighted by Crippen LogP contribution is -2.16. The summed E-state index contributed by atoms with van der Waals surface area (Å²) in [5.41, 5.74) is 24.2. The lowest BCUT2D eigenvalue weighted by atomic mass is 9.79. The molecule has 0 unspecified atom stereocenters. The van der Waals surface area contributed by atoms with E-state index in [2.05, 4.69) is 187 Å². The van der Waals surface area contributed by atoms with Crippen LogP contribution in [0.5, 0.6) is 0 Å². The van der Waals surface area contributed by atoms with Gasteiger partial charge in [0.1, 0.15) is 0 Å². The summed E-state index contributed by atoms with van der Waals surface area (Å²) in [5.74, 6) is 0. The maximum atomic E-state index is 2.47. The Hall–Kier alpha value is -5.46. The summed E-state index contributed by atoms with van der Waals surface area (Å²) in [5, 5.41) is 0. The van der Waals surface area contributed by atoms with Crippen LogP contribution in [0.2, 0.25) is 0 Å². The molecule has 0 N–H and O–H groups in total. The van der Waals surface area contributed by atoms with Gasteiger partial charge in [-0.05, 0) is 130 Å². The van der Waals surface area contributed by atoms with E-state index in [1.807, 2.05) is 0 Å². The Bertz CT molecular complexity index is 2590. The monoisotopic (exact) mass is 654 g/mol. The molecule has 0 aliphatic heterocycles. The summed E-state index contributed by atoms with van der Waals surface area (Å²) < 4.78 is 0. The van der Waals surface area contributed by atoms with Crippen LogP contribution in [0, 0.1) is 0 Å². The molecule has 0 fully saturated rings. The van der Waals surface area contributed by atoms with Gasteiger partial charge in [0.15, 0.2) is 0 Å². The number of fused-ring (bicyclic) bond motifs is 9. The molecule has 0 aromatic heterocycles. The van der Waals surface area contributed by atoms with E-state index < -0.39 is 0 Å². The summed E-state index contributed by atoms with van der Waals surface area (Å²) in [4.78, 5) is 0. The van der Waals surface area contributed by atoms with Crippen molar-refractivity contribution in [1.82, 2.24) is 0 Å². The van der Waals surface area contributed by atoms with Crippen molar-refractivity contribution in [3.63, 3.8) is 0 Å². The normalized spacial score (nSPS) is 16.1. The number of rotatable bonds is 3. The first-order valence-electron chi connectivity index (χ1n) is 18.4. The highest BCUT2D eigenvalue weighted by molar-refractivity contribution is 5.89. The van der Waals surface area contributed by atoms with Crippen molar-refractivity contribution in [2.45, 2.75) is 57.8 Å². The Morgan fingerprint density at radius 3 is 0.882 bits per heavy atom. The minimum absolute atomic E-state index is 0.00870. The third-order valence-electron chi connectivity index (χ3n) is 12.7. The molecule has 3 aliphatic carbocycles. The molecule has 7 aromatic carbocycles. The van der Waals surface area contributed by atoms with Gasteiger partial charge in [0.2, 0.25) is 0 Å². The highest BCUT2D eigenvalue weighted by Crippen LogP contribution is 2.54. The Morgan fingerprint density at radius 1 is 0.235 bits per heavy atom. The molecule has 7 aromatic rings. The van der Waals surface area contributed by atoms with Crippen LogP contribution in [-0.2, 0) is 16.2 Å². The molecule has 0 nitrogen and oxygen atoms in total. The van der Waals surface area contributed by atoms with E-state index in [1.54, 1.807) is 0 Å². The summed E-state index contributed by atoms with van der Waals surface area (Å²) in [6, 6.07) is 55.3. The minimum Gasteiger partial charge on any atom is -0.0622 e. The minimum atomic E-state index is -0.108. The molecule has 10 rings (SSSR count). The van der Waals surface area contributed by atoms with Crippen molar-refractivity contribution in [3.8, 4) is 66.8 Å². The summed E-state index contributed by atoms with van der Waals surface area (Å²) >= 11 is 0. The van der Waals surface area contributed by atoms with E-state index in [1.165, 1.54) is 100 Å². The van der Waals surface area contributed by atoms with Gasteiger partial charge in [-0.3, -0.25) is 0 Å². The van der Waals surface area contributed by atoms with Gasteiger partial charge in [-0.1, -0.05) is 157 Å². The van der Waals surface area contributed by atoms with Crippen LogP contribution < -0.4 is 0 Å². The fraction of sp³-hybridized carbons (Fsp3) is 0.176. The molecular weight excluding hydrogens is 613 g/mol. The second kappa shape index (κ2) is 10.3. The molecule has 0 saturated carbocycles. The van der Waals surface area contributed by atoms with Gasteiger partial charge in [0.25, 0.3) is 0 Å². The SMILES string of the molecule is CC1(C)c2ccccc2-c2ccc(-c3ccc4c(c3)C(C)(C)c3cc(-c5ccc6c(c5)C(C)(C)c5cc(-c7ccccc7)ccc5-6)ccc3-4)cc21. The average Bonchev–Trinajstić information content (AvgIpc) is 3.63. The molecule has 0 heterocycles. The quantitative estimate of drug-likeness (QED) is 0.178. The second-order valence-electron chi connectivity index (χ2n) is 16.6. The number of hydrogen-bond acceptors (Lipinski definition) is 0. The molecule has 0 heteroatoms. The van der Waals surface area contributed by atoms with Gasteiger partial charge in [-0.15, -0.1) is 0 Å². The van der Waals surface area contributed by atoms with E-state index in [-0.39, 0.29) is 16.2 Å². The highest BCUT2D eigenvalue weighted by atomic mass is 14.4. The number of benzene rings is 7. The molecule has 51 heavy (non-hydrogen) atoms. The molecule has 0 amide bonds. The van der Waals surface area contributed by atoms with Crippen molar-refractivity contribution in [2.24, 2.45) is 0 Å². The molecule has 3 aliphatic rings. The van der Waals surface area contributed by atoms with Crippen molar-refractivity contribution < 1.29 is 0 Å². The summed E-state index contributed by atoms with van der Waals surface area (Å²) in [6.45, 7) is 14.3. The van der Waals surface area contributed by atoms with Gasteiger partial charge in [-0.25, -0.2) is 0 Å². The molecule has 0 radical (unpaired) electrons. The van der Waals surface area contributed by atoms with E-state index >= 15 is 0 Å². The smallest absolute Gasteiger partial charge is 0.0159 e. The van der Waals surface area contributed by atoms with Crippen LogP contribution in [0.25, 0.3) is 66.8 Å². The van der Waals surface area contributed by atoms with Gasteiger partial charge in [0.05, 0.1) is 0 Å². The maximum Gasteiger partial charge on any atom is 0.0159 e. The third-order valence-corrected chi connectivity index (χ3v) is 12.7. The first kappa shape index (κ1) is 30.4. The zero-order valence-electron chi connectivity index (χ0n) is 30.4.